The Labute approximate surface area is 227 Å². The third-order valence-corrected chi connectivity index (χ3v) is 7.00. The molecule has 0 bridgehead atoms. The van der Waals surface area contributed by atoms with Gasteiger partial charge in [-0.25, -0.2) is 4.98 Å². The van der Waals surface area contributed by atoms with E-state index in [1.165, 1.54) is 21.9 Å². The smallest absolute Gasteiger partial charge is 0.268 e. The van der Waals surface area contributed by atoms with Gasteiger partial charge in [0.1, 0.15) is 10.6 Å². The Morgan fingerprint density at radius 3 is 1.92 bits per heavy atom. The van der Waals surface area contributed by atoms with Gasteiger partial charge < -0.3 is 0 Å². The van der Waals surface area contributed by atoms with Crippen LogP contribution in [0, 0.1) is 10.1 Å². The van der Waals surface area contributed by atoms with E-state index in [4.69, 9.17) is 12.2 Å². The average molecular weight is 539 g/mol. The molecule has 2 heterocycles. The fraction of sp³-hybridized carbons (Fsp3) is 0. The number of hydrogen-bond donors (Lipinski definition) is 0. The highest BCUT2D eigenvalue weighted by Crippen LogP contribution is 2.35. The van der Waals surface area contributed by atoms with Crippen LogP contribution in [-0.4, -0.2) is 26.8 Å². The van der Waals surface area contributed by atoms with E-state index in [2.05, 4.69) is 4.98 Å². The van der Waals surface area contributed by atoms with Gasteiger partial charge in [0.25, 0.3) is 17.5 Å². The third-order valence-electron chi connectivity index (χ3n) is 5.62. The lowest BCUT2D eigenvalue weighted by Crippen LogP contribution is -2.56. The first-order valence-electron chi connectivity index (χ1n) is 11.4. The van der Waals surface area contributed by atoms with E-state index in [1.807, 2.05) is 12.1 Å². The van der Waals surface area contributed by atoms with Crippen molar-refractivity contribution >= 4 is 64.0 Å². The number of rotatable bonds is 6. The van der Waals surface area contributed by atoms with E-state index in [1.54, 1.807) is 85.1 Å². The van der Waals surface area contributed by atoms with Crippen molar-refractivity contribution in [1.29, 1.82) is 0 Å². The number of amides is 2. The molecular weight excluding hydrogens is 520 g/mol. The van der Waals surface area contributed by atoms with Gasteiger partial charge in [0.2, 0.25) is 0 Å². The summed E-state index contributed by atoms with van der Waals surface area (Å²) in [5, 5.41) is 12.5. The van der Waals surface area contributed by atoms with Gasteiger partial charge in [-0.1, -0.05) is 60.3 Å². The maximum atomic E-state index is 13.6. The second-order valence-electron chi connectivity index (χ2n) is 8.05. The quantitative estimate of drug-likeness (QED) is 0.0993. The van der Waals surface area contributed by atoms with Crippen molar-refractivity contribution in [1.82, 2.24) is 4.98 Å². The van der Waals surface area contributed by atoms with Gasteiger partial charge in [0.15, 0.2) is 5.11 Å². The minimum Gasteiger partial charge on any atom is -0.268 e. The maximum absolute atomic E-state index is 13.6. The number of pyridine rings is 1. The average Bonchev–Trinajstić information content (AvgIpc) is 2.93. The van der Waals surface area contributed by atoms with E-state index in [0.29, 0.717) is 26.9 Å². The molecule has 5 rings (SSSR count). The van der Waals surface area contributed by atoms with Crippen LogP contribution in [0.2, 0.25) is 0 Å². The van der Waals surface area contributed by atoms with Crippen molar-refractivity contribution < 1.29 is 14.5 Å². The van der Waals surface area contributed by atoms with Crippen LogP contribution in [0.1, 0.15) is 5.56 Å². The lowest BCUT2D eigenvalue weighted by molar-refractivity contribution is -0.387. The molecule has 0 saturated carbocycles. The van der Waals surface area contributed by atoms with Crippen LogP contribution in [0.5, 0.6) is 0 Å². The number of aromatic nitrogens is 1. The molecule has 0 spiro atoms. The monoisotopic (exact) mass is 538 g/mol. The lowest BCUT2D eigenvalue weighted by atomic mass is 10.0. The summed E-state index contributed by atoms with van der Waals surface area (Å²) in [6.07, 6.45) is 2.97. The van der Waals surface area contributed by atoms with Crippen LogP contribution in [0.3, 0.4) is 0 Å². The van der Waals surface area contributed by atoms with E-state index in [-0.39, 0.29) is 16.4 Å². The zero-order valence-electron chi connectivity index (χ0n) is 19.6. The predicted octanol–water partition coefficient (Wildman–Crippen LogP) is 5.89. The van der Waals surface area contributed by atoms with Gasteiger partial charge in [-0.3, -0.25) is 29.5 Å². The molecule has 3 aromatic carbocycles. The van der Waals surface area contributed by atoms with Gasteiger partial charge in [-0.15, -0.1) is 0 Å². The third kappa shape index (κ3) is 4.95. The molecule has 0 atom stereocenters. The Hall–Kier alpha value is -4.67. The molecule has 186 valence electrons. The molecule has 0 unspecified atom stereocenters. The Kier molecular flexibility index (Phi) is 7.07. The van der Waals surface area contributed by atoms with E-state index in [9.17, 15) is 19.7 Å². The minimum atomic E-state index is -0.618. The zero-order valence-corrected chi connectivity index (χ0v) is 21.3. The van der Waals surface area contributed by atoms with Crippen molar-refractivity contribution in [3.63, 3.8) is 0 Å². The Morgan fingerprint density at radius 1 is 0.816 bits per heavy atom. The number of anilines is 2. The lowest BCUT2D eigenvalue weighted by Gasteiger charge is -2.36. The molecule has 1 aliphatic heterocycles. The summed E-state index contributed by atoms with van der Waals surface area (Å²) in [5.41, 5.74) is 0.976. The van der Waals surface area contributed by atoms with Crippen molar-refractivity contribution in [2.45, 2.75) is 9.92 Å². The molecule has 1 fully saturated rings. The fourth-order valence-electron chi connectivity index (χ4n) is 3.88. The molecule has 38 heavy (non-hydrogen) atoms. The predicted molar refractivity (Wildman–Crippen MR) is 150 cm³/mol. The zero-order chi connectivity index (χ0) is 26.6. The number of carbonyl (C=O) groups is 2. The van der Waals surface area contributed by atoms with Crippen LogP contribution >= 0.6 is 24.0 Å². The van der Waals surface area contributed by atoms with Gasteiger partial charge in [-0.05, 0) is 66.3 Å². The molecule has 2 amide bonds. The molecule has 10 heteroatoms. The van der Waals surface area contributed by atoms with Crippen LogP contribution in [-0.2, 0) is 9.59 Å². The molecule has 1 aliphatic rings. The minimum absolute atomic E-state index is 0.0163. The second-order valence-corrected chi connectivity index (χ2v) is 9.47. The van der Waals surface area contributed by atoms with E-state index >= 15 is 0 Å². The van der Waals surface area contributed by atoms with Crippen molar-refractivity contribution in [2.24, 2.45) is 0 Å². The standard InChI is InChI=1S/C28H18N4O4S2/c33-26-22(17-19-14-15-24(23(18-19)32(35)36)38-25-13-7-8-16-29-25)27(34)31(21-11-5-2-6-12-21)28(37)30(26)20-9-3-1-4-10-20/h1-18H. The van der Waals surface area contributed by atoms with Gasteiger partial charge in [0.05, 0.1) is 21.2 Å². The summed E-state index contributed by atoms with van der Waals surface area (Å²) in [6, 6.07) is 27.4. The van der Waals surface area contributed by atoms with Crippen LogP contribution in [0.25, 0.3) is 6.08 Å². The molecule has 0 radical (unpaired) electrons. The largest absolute Gasteiger partial charge is 0.283 e. The van der Waals surface area contributed by atoms with Crippen molar-refractivity contribution in [3.8, 4) is 0 Å². The van der Waals surface area contributed by atoms with Crippen molar-refractivity contribution in [2.75, 3.05) is 9.80 Å². The van der Waals surface area contributed by atoms with Crippen LogP contribution in [0.4, 0.5) is 17.1 Å². The highest BCUT2D eigenvalue weighted by Gasteiger charge is 2.41. The fourth-order valence-corrected chi connectivity index (χ4v) is 5.12. The van der Waals surface area contributed by atoms with Gasteiger partial charge in [-0.2, -0.15) is 0 Å². The molecule has 1 saturated heterocycles. The number of nitro groups is 1. The highest BCUT2D eigenvalue weighted by molar-refractivity contribution is 7.99. The first-order valence-corrected chi connectivity index (χ1v) is 12.6. The molecular formula is C28H18N4O4S2. The number of nitrogens with zero attached hydrogens (tertiary/aromatic N) is 4. The first kappa shape index (κ1) is 25.0. The molecule has 1 aromatic heterocycles. The maximum Gasteiger partial charge on any atom is 0.283 e. The summed E-state index contributed by atoms with van der Waals surface area (Å²) in [4.78, 5) is 45.8. The molecule has 4 aromatic rings. The van der Waals surface area contributed by atoms with Crippen LogP contribution < -0.4 is 9.80 Å². The molecule has 0 N–H and O–H groups in total. The topological polar surface area (TPSA) is 96.6 Å². The van der Waals surface area contributed by atoms with Gasteiger partial charge in [0, 0.05) is 12.3 Å². The summed E-state index contributed by atoms with van der Waals surface area (Å²) in [7, 11) is 0. The van der Waals surface area contributed by atoms with Crippen LogP contribution in [0.15, 0.2) is 119 Å². The number of nitro benzene ring substituents is 1. The summed E-state index contributed by atoms with van der Waals surface area (Å²) >= 11 is 6.76. The first-order chi connectivity index (χ1) is 18.4. The summed E-state index contributed by atoms with van der Waals surface area (Å²) in [5.74, 6) is -1.24. The highest BCUT2D eigenvalue weighted by atomic mass is 32.2. The number of carbonyl (C=O) groups excluding carboxylic acids is 2. The van der Waals surface area contributed by atoms with Gasteiger partial charge >= 0.3 is 0 Å². The molecule has 0 aliphatic carbocycles. The summed E-state index contributed by atoms with van der Waals surface area (Å²) in [6.45, 7) is 0. The number of benzene rings is 3. The van der Waals surface area contributed by atoms with Crippen molar-refractivity contribution in [3.05, 3.63) is 125 Å². The second kappa shape index (κ2) is 10.8. The Bertz CT molecular complexity index is 1520. The summed E-state index contributed by atoms with van der Waals surface area (Å²) < 4.78 is 0. The normalized spacial score (nSPS) is 13.6. The van der Waals surface area contributed by atoms with E-state index < -0.39 is 16.7 Å². The molecule has 8 nitrogen and oxygen atoms in total. The number of para-hydroxylation sites is 2. The van der Waals surface area contributed by atoms with E-state index in [0.717, 1.165) is 11.8 Å². The SMILES string of the molecule is O=C1C(=Cc2ccc(Sc3ccccn3)c([N+](=O)[O-])c2)C(=O)N(c2ccccc2)C(=S)N1c1ccccc1. The Morgan fingerprint density at radius 2 is 1.39 bits per heavy atom. The number of hydrogen-bond acceptors (Lipinski definition) is 7. The Balaban J connectivity index is 1.59. The number of thiocarbonyl (C=S) groups is 1.